The van der Waals surface area contributed by atoms with Crippen molar-refractivity contribution in [1.82, 2.24) is 4.98 Å². The van der Waals surface area contributed by atoms with Crippen LogP contribution >= 0.6 is 11.8 Å². The number of benzene rings is 2. The van der Waals surface area contributed by atoms with Crippen LogP contribution in [0.15, 0.2) is 59.6 Å². The van der Waals surface area contributed by atoms with E-state index < -0.39 is 11.2 Å². The summed E-state index contributed by atoms with van der Waals surface area (Å²) in [5.74, 6) is 0.332. The molecular weight excluding hydrogens is 462 g/mol. The minimum Gasteiger partial charge on any atom is -0.457 e. The quantitative estimate of drug-likeness (QED) is 0.497. The van der Waals surface area contributed by atoms with E-state index in [2.05, 4.69) is 11.1 Å². The van der Waals surface area contributed by atoms with E-state index in [4.69, 9.17) is 10.5 Å². The maximum absolute atomic E-state index is 13.2. The molecule has 2 aromatic carbocycles. The van der Waals surface area contributed by atoms with Crippen LogP contribution in [0.1, 0.15) is 42.9 Å². The van der Waals surface area contributed by atoms with E-state index in [1.807, 2.05) is 50.2 Å². The van der Waals surface area contributed by atoms with Gasteiger partial charge in [-0.1, -0.05) is 43.8 Å². The SMILES string of the molecule is CC(C)c1c(C#N)c(N)nc(SC2CC(=O)N(c3ccc(Oc4ccccc4)cc3)C2=O)c1C#N. The molecule has 1 atom stereocenters. The highest BCUT2D eigenvalue weighted by Gasteiger charge is 2.41. The van der Waals surface area contributed by atoms with Gasteiger partial charge in [-0.15, -0.1) is 0 Å². The Morgan fingerprint density at radius 2 is 1.66 bits per heavy atom. The van der Waals surface area contributed by atoms with Crippen LogP contribution in [-0.4, -0.2) is 22.0 Å². The zero-order chi connectivity index (χ0) is 25.1. The van der Waals surface area contributed by atoms with Gasteiger partial charge in [0.1, 0.15) is 34.5 Å². The number of hydrogen-bond acceptors (Lipinski definition) is 8. The fourth-order valence-corrected chi connectivity index (χ4v) is 5.00. The van der Waals surface area contributed by atoms with Crippen molar-refractivity contribution in [3.63, 3.8) is 0 Å². The second-order valence-corrected chi connectivity index (χ2v) is 9.32. The average Bonchev–Trinajstić information content (AvgIpc) is 3.12. The van der Waals surface area contributed by atoms with Crippen LogP contribution in [-0.2, 0) is 9.59 Å². The smallest absolute Gasteiger partial charge is 0.247 e. The van der Waals surface area contributed by atoms with Gasteiger partial charge in [-0.3, -0.25) is 9.59 Å². The van der Waals surface area contributed by atoms with Crippen molar-refractivity contribution < 1.29 is 14.3 Å². The molecule has 0 radical (unpaired) electrons. The lowest BCUT2D eigenvalue weighted by Crippen LogP contribution is -2.31. The van der Waals surface area contributed by atoms with Crippen molar-refractivity contribution in [2.24, 2.45) is 0 Å². The van der Waals surface area contributed by atoms with Crippen molar-refractivity contribution in [2.45, 2.75) is 36.5 Å². The van der Waals surface area contributed by atoms with E-state index in [1.165, 1.54) is 0 Å². The van der Waals surface area contributed by atoms with Gasteiger partial charge in [-0.05, 0) is 47.9 Å². The van der Waals surface area contributed by atoms with Crippen LogP contribution in [0, 0.1) is 22.7 Å². The molecule has 0 saturated carbocycles. The van der Waals surface area contributed by atoms with Gasteiger partial charge in [-0.25, -0.2) is 9.88 Å². The summed E-state index contributed by atoms with van der Waals surface area (Å²) < 4.78 is 5.77. The molecule has 1 unspecified atom stereocenters. The van der Waals surface area contributed by atoms with Crippen molar-refractivity contribution in [1.29, 1.82) is 10.5 Å². The third-order valence-corrected chi connectivity index (χ3v) is 6.64. The number of carbonyl (C=O) groups is 2. The molecule has 4 rings (SSSR count). The number of amides is 2. The van der Waals surface area contributed by atoms with Gasteiger partial charge in [0.2, 0.25) is 11.8 Å². The molecule has 0 spiro atoms. The molecule has 2 N–H and O–H groups in total. The monoisotopic (exact) mass is 483 g/mol. The third-order valence-electron chi connectivity index (χ3n) is 5.46. The molecule has 1 aliphatic heterocycles. The first-order chi connectivity index (χ1) is 16.8. The largest absolute Gasteiger partial charge is 0.457 e. The highest BCUT2D eigenvalue weighted by Crippen LogP contribution is 2.39. The predicted molar refractivity (Wildman–Crippen MR) is 132 cm³/mol. The van der Waals surface area contributed by atoms with Crippen molar-refractivity contribution >= 4 is 35.1 Å². The van der Waals surface area contributed by atoms with Gasteiger partial charge in [0, 0.05) is 6.42 Å². The third kappa shape index (κ3) is 4.68. The topological polar surface area (TPSA) is 133 Å². The molecule has 8 nitrogen and oxygen atoms in total. The van der Waals surface area contributed by atoms with Crippen LogP contribution in [0.2, 0.25) is 0 Å². The van der Waals surface area contributed by atoms with E-state index in [0.717, 1.165) is 16.7 Å². The number of anilines is 2. The first kappa shape index (κ1) is 23.8. The molecular formula is C26H21N5O3S. The number of carbonyl (C=O) groups excluding carboxylic acids is 2. The molecule has 9 heteroatoms. The number of aromatic nitrogens is 1. The molecule has 1 fully saturated rings. The van der Waals surface area contributed by atoms with E-state index in [1.54, 1.807) is 24.3 Å². The fraction of sp³-hybridized carbons (Fsp3) is 0.192. The Balaban J connectivity index is 1.57. The number of para-hydroxylation sites is 1. The number of imide groups is 1. The molecule has 3 aromatic rings. The molecule has 2 amide bonds. The zero-order valence-corrected chi connectivity index (χ0v) is 19.9. The number of nitriles is 2. The lowest BCUT2D eigenvalue weighted by Gasteiger charge is -2.17. The molecule has 0 bridgehead atoms. The summed E-state index contributed by atoms with van der Waals surface area (Å²) in [5.41, 5.74) is 7.28. The molecule has 1 saturated heterocycles. The number of nitrogens with two attached hydrogens (primary N) is 1. The number of rotatable bonds is 6. The maximum Gasteiger partial charge on any atom is 0.247 e. The minimum atomic E-state index is -0.769. The van der Waals surface area contributed by atoms with Crippen LogP contribution in [0.25, 0.3) is 0 Å². The van der Waals surface area contributed by atoms with Gasteiger partial charge in [0.15, 0.2) is 0 Å². The predicted octanol–water partition coefficient (Wildman–Crippen LogP) is 4.75. The first-order valence-electron chi connectivity index (χ1n) is 10.8. The van der Waals surface area contributed by atoms with E-state index in [9.17, 15) is 20.1 Å². The summed E-state index contributed by atoms with van der Waals surface area (Å²) in [6.45, 7) is 3.70. The van der Waals surface area contributed by atoms with Crippen LogP contribution in [0.5, 0.6) is 11.5 Å². The van der Waals surface area contributed by atoms with Crippen LogP contribution in [0.3, 0.4) is 0 Å². The van der Waals surface area contributed by atoms with Crippen LogP contribution < -0.4 is 15.4 Å². The van der Waals surface area contributed by atoms with Gasteiger partial charge < -0.3 is 10.5 Å². The summed E-state index contributed by atoms with van der Waals surface area (Å²) in [6, 6.07) is 20.1. The number of ether oxygens (including phenoxy) is 1. The lowest BCUT2D eigenvalue weighted by atomic mass is 9.94. The zero-order valence-electron chi connectivity index (χ0n) is 19.1. The number of nitrogens with zero attached hydrogens (tertiary/aromatic N) is 4. The average molecular weight is 484 g/mol. The molecule has 174 valence electrons. The molecule has 1 aliphatic rings. The maximum atomic E-state index is 13.2. The Hall–Kier alpha value is -4.34. The molecule has 2 heterocycles. The Kier molecular flexibility index (Phi) is 6.72. The summed E-state index contributed by atoms with van der Waals surface area (Å²) in [4.78, 5) is 31.3. The molecule has 0 aliphatic carbocycles. The molecule has 35 heavy (non-hydrogen) atoms. The van der Waals surface area contributed by atoms with Crippen LogP contribution in [0.4, 0.5) is 11.5 Å². The first-order valence-corrected chi connectivity index (χ1v) is 11.7. The molecule has 1 aromatic heterocycles. The van der Waals surface area contributed by atoms with Gasteiger partial charge in [0.25, 0.3) is 0 Å². The minimum absolute atomic E-state index is 0.000309. The van der Waals surface area contributed by atoms with Gasteiger partial charge in [-0.2, -0.15) is 10.5 Å². The Morgan fingerprint density at radius 1 is 1.03 bits per heavy atom. The summed E-state index contributed by atoms with van der Waals surface area (Å²) in [6.07, 6.45) is -0.0464. The van der Waals surface area contributed by atoms with E-state index in [-0.39, 0.29) is 40.2 Å². The highest BCUT2D eigenvalue weighted by molar-refractivity contribution is 8.00. The Bertz CT molecular complexity index is 1380. The lowest BCUT2D eigenvalue weighted by molar-refractivity contribution is -0.121. The summed E-state index contributed by atoms with van der Waals surface area (Å²) in [7, 11) is 0. The summed E-state index contributed by atoms with van der Waals surface area (Å²) in [5, 5.41) is 18.7. The summed E-state index contributed by atoms with van der Waals surface area (Å²) >= 11 is 1.02. The number of hydrogen-bond donors (Lipinski definition) is 1. The van der Waals surface area contributed by atoms with Crippen molar-refractivity contribution in [2.75, 3.05) is 10.6 Å². The Morgan fingerprint density at radius 3 is 2.26 bits per heavy atom. The normalized spacial score (nSPS) is 15.2. The second kappa shape index (κ2) is 9.88. The van der Waals surface area contributed by atoms with Gasteiger partial charge in [0.05, 0.1) is 22.1 Å². The fourth-order valence-electron chi connectivity index (χ4n) is 3.88. The standard InChI is InChI=1S/C26H21N5O3S/c1-15(2)23-19(13-27)24(29)30-25(20(23)14-28)35-21-12-22(32)31(26(21)33)16-8-10-18(11-9-16)34-17-6-4-3-5-7-17/h3-11,15,21H,12H2,1-2H3,(H2,29,30). The van der Waals surface area contributed by atoms with Crippen molar-refractivity contribution in [3.8, 4) is 23.6 Å². The number of nitrogen functional groups attached to an aromatic ring is 1. The highest BCUT2D eigenvalue weighted by atomic mass is 32.2. The van der Waals surface area contributed by atoms with E-state index >= 15 is 0 Å². The Labute approximate surface area is 206 Å². The van der Waals surface area contributed by atoms with Crippen molar-refractivity contribution in [3.05, 3.63) is 71.3 Å². The number of pyridine rings is 1. The van der Waals surface area contributed by atoms with Gasteiger partial charge >= 0.3 is 0 Å². The second-order valence-electron chi connectivity index (χ2n) is 8.13. The van der Waals surface area contributed by atoms with E-state index in [0.29, 0.717) is 22.7 Å². The number of thioether (sulfide) groups is 1.